The second kappa shape index (κ2) is 8.86. The molecule has 3 aromatic rings. The number of hydrogen-bond acceptors (Lipinski definition) is 6. The van der Waals surface area contributed by atoms with Crippen LogP contribution in [0.5, 0.6) is 5.75 Å². The first-order valence-electron chi connectivity index (χ1n) is 10.1. The quantitative estimate of drug-likeness (QED) is 0.538. The Kier molecular flexibility index (Phi) is 6.30. The normalized spacial score (nSPS) is 14.7. The second-order valence-electron chi connectivity index (χ2n) is 7.49. The van der Waals surface area contributed by atoms with Crippen LogP contribution in [0, 0.1) is 6.92 Å². The molecule has 1 N–H and O–H groups in total. The van der Waals surface area contributed by atoms with Gasteiger partial charge < -0.3 is 4.74 Å². The predicted octanol–water partition coefficient (Wildman–Crippen LogP) is 4.00. The van der Waals surface area contributed by atoms with Crippen molar-refractivity contribution in [2.24, 2.45) is 0 Å². The Morgan fingerprint density at radius 2 is 1.88 bits per heavy atom. The third kappa shape index (κ3) is 4.54. The molecule has 2 aromatic carbocycles. The number of hydrogen-bond donors (Lipinski definition) is 1. The van der Waals surface area contributed by atoms with Crippen LogP contribution in [-0.4, -0.2) is 34.3 Å². The molecule has 32 heavy (non-hydrogen) atoms. The Hall–Kier alpha value is -2.40. The number of anilines is 1. The van der Waals surface area contributed by atoms with Crippen LogP contribution in [0.2, 0.25) is 0 Å². The first-order chi connectivity index (χ1) is 15.2. The molecule has 2 heterocycles. The van der Waals surface area contributed by atoms with Gasteiger partial charge >= 0.3 is 0 Å². The lowest BCUT2D eigenvalue weighted by molar-refractivity contribution is 0.331. The van der Waals surface area contributed by atoms with Gasteiger partial charge in [-0.15, -0.1) is 11.3 Å². The van der Waals surface area contributed by atoms with Crippen LogP contribution in [-0.2, 0) is 33.0 Å². The number of aryl methyl sites for hydroxylation is 1. The van der Waals surface area contributed by atoms with E-state index >= 15 is 0 Å². The summed E-state index contributed by atoms with van der Waals surface area (Å²) in [4.78, 5) is 0.0685. The molecule has 0 radical (unpaired) electrons. The molecule has 1 aliphatic heterocycles. The Balaban J connectivity index is 1.61. The molecule has 0 saturated carbocycles. The summed E-state index contributed by atoms with van der Waals surface area (Å²) in [7, 11) is -7.47. The highest BCUT2D eigenvalue weighted by Crippen LogP contribution is 2.31. The summed E-state index contributed by atoms with van der Waals surface area (Å²) in [5, 5.41) is 1.74. The van der Waals surface area contributed by atoms with E-state index in [0.29, 0.717) is 29.5 Å². The number of benzene rings is 2. The van der Waals surface area contributed by atoms with Gasteiger partial charge in [0.05, 0.1) is 6.61 Å². The van der Waals surface area contributed by atoms with Gasteiger partial charge in [0.25, 0.3) is 20.0 Å². The Bertz CT molecular complexity index is 1330. The summed E-state index contributed by atoms with van der Waals surface area (Å²) in [5.41, 5.74) is 2.97. The van der Waals surface area contributed by atoms with E-state index in [1.165, 1.54) is 15.6 Å². The van der Waals surface area contributed by atoms with Crippen molar-refractivity contribution in [1.29, 1.82) is 0 Å². The summed E-state index contributed by atoms with van der Waals surface area (Å²) >= 11 is 1.19. The first kappa shape index (κ1) is 22.8. The Morgan fingerprint density at radius 3 is 2.59 bits per heavy atom. The molecule has 10 heteroatoms. The molecule has 7 nitrogen and oxygen atoms in total. The summed E-state index contributed by atoms with van der Waals surface area (Å²) in [5.74, 6) is 0.289. The van der Waals surface area contributed by atoms with E-state index in [9.17, 15) is 16.8 Å². The predicted molar refractivity (Wildman–Crippen MR) is 125 cm³/mol. The van der Waals surface area contributed by atoms with E-state index in [1.807, 2.05) is 13.0 Å². The highest BCUT2D eigenvalue weighted by atomic mass is 32.2. The molecule has 0 atom stereocenters. The molecule has 0 fully saturated rings. The van der Waals surface area contributed by atoms with Crippen molar-refractivity contribution in [2.45, 2.75) is 35.9 Å². The molecule has 1 aromatic heterocycles. The van der Waals surface area contributed by atoms with Gasteiger partial charge in [0.1, 0.15) is 14.9 Å². The largest absolute Gasteiger partial charge is 0.492 e. The Morgan fingerprint density at radius 1 is 1.06 bits per heavy atom. The number of nitrogens with one attached hydrogen (secondary N) is 1. The fourth-order valence-electron chi connectivity index (χ4n) is 3.65. The lowest BCUT2D eigenvalue weighted by Crippen LogP contribution is -2.35. The van der Waals surface area contributed by atoms with E-state index in [1.54, 1.807) is 54.8 Å². The maximum atomic E-state index is 13.1. The van der Waals surface area contributed by atoms with Crippen molar-refractivity contribution >= 4 is 37.1 Å². The van der Waals surface area contributed by atoms with Crippen LogP contribution in [0.1, 0.15) is 23.6 Å². The average molecular weight is 493 g/mol. The van der Waals surface area contributed by atoms with Crippen LogP contribution in [0.4, 0.5) is 5.69 Å². The van der Waals surface area contributed by atoms with Crippen LogP contribution in [0.15, 0.2) is 63.0 Å². The first-order valence-corrected chi connectivity index (χ1v) is 13.9. The maximum Gasteiger partial charge on any atom is 0.265 e. The standard InChI is InChI=1S/C22H24N2O5S3/c1-3-29-20-9-6-16(2)13-21(20)31(25,26)23-19-8-7-17-10-11-24(15-18(17)14-19)32(27,28)22-5-4-12-30-22/h4-9,12-14,23H,3,10-11,15H2,1-2H3. The van der Waals surface area contributed by atoms with Crippen LogP contribution in [0.3, 0.4) is 0 Å². The second-order valence-corrected chi connectivity index (χ2v) is 12.3. The number of fused-ring (bicyclic) bond motifs is 1. The van der Waals surface area contributed by atoms with E-state index < -0.39 is 20.0 Å². The minimum absolute atomic E-state index is 0.0685. The molecule has 0 saturated heterocycles. The molecule has 0 aliphatic carbocycles. The van der Waals surface area contributed by atoms with Crippen LogP contribution >= 0.6 is 11.3 Å². The zero-order valence-electron chi connectivity index (χ0n) is 17.7. The number of nitrogens with zero attached hydrogens (tertiary/aromatic N) is 1. The minimum Gasteiger partial charge on any atom is -0.492 e. The smallest absolute Gasteiger partial charge is 0.265 e. The highest BCUT2D eigenvalue weighted by molar-refractivity contribution is 7.92. The third-order valence-electron chi connectivity index (χ3n) is 5.21. The van der Waals surface area contributed by atoms with E-state index in [4.69, 9.17) is 4.74 Å². The molecular weight excluding hydrogens is 468 g/mol. The maximum absolute atomic E-state index is 13.1. The van der Waals surface area contributed by atoms with Crippen molar-refractivity contribution in [2.75, 3.05) is 17.9 Å². The van der Waals surface area contributed by atoms with Gasteiger partial charge in [0.15, 0.2) is 0 Å². The molecule has 170 valence electrons. The monoisotopic (exact) mass is 492 g/mol. The van der Waals surface area contributed by atoms with Gasteiger partial charge in [-0.05, 0) is 72.7 Å². The molecule has 0 bridgehead atoms. The minimum atomic E-state index is -3.90. The molecule has 1 aliphatic rings. The van der Waals surface area contributed by atoms with Gasteiger partial charge in [0.2, 0.25) is 0 Å². The summed E-state index contributed by atoms with van der Waals surface area (Å²) in [6.07, 6.45) is 0.569. The summed E-state index contributed by atoms with van der Waals surface area (Å²) < 4.78 is 61.9. The number of sulfonamides is 2. The van der Waals surface area contributed by atoms with E-state index in [-0.39, 0.29) is 17.2 Å². The summed E-state index contributed by atoms with van der Waals surface area (Å²) in [6.45, 7) is 4.54. The van der Waals surface area contributed by atoms with Crippen molar-refractivity contribution in [3.63, 3.8) is 0 Å². The van der Waals surface area contributed by atoms with Gasteiger partial charge in [-0.2, -0.15) is 4.31 Å². The molecule has 0 unspecified atom stereocenters. The third-order valence-corrected chi connectivity index (χ3v) is 9.83. The molecular formula is C22H24N2O5S3. The number of thiophene rings is 1. The van der Waals surface area contributed by atoms with Crippen molar-refractivity contribution in [1.82, 2.24) is 4.31 Å². The summed E-state index contributed by atoms with van der Waals surface area (Å²) in [6, 6.07) is 13.6. The van der Waals surface area contributed by atoms with Crippen molar-refractivity contribution in [3.8, 4) is 5.75 Å². The lowest BCUT2D eigenvalue weighted by atomic mass is 10.0. The fraction of sp³-hybridized carbons (Fsp3) is 0.273. The molecule has 0 amide bonds. The molecule has 4 rings (SSSR count). The highest BCUT2D eigenvalue weighted by Gasteiger charge is 2.29. The SMILES string of the molecule is CCOc1ccc(C)cc1S(=O)(=O)Nc1ccc2c(c1)CN(S(=O)(=O)c1cccs1)CC2. The van der Waals surface area contributed by atoms with Gasteiger partial charge in [-0.1, -0.05) is 18.2 Å². The zero-order chi connectivity index (χ0) is 22.9. The average Bonchev–Trinajstić information content (AvgIpc) is 3.30. The van der Waals surface area contributed by atoms with Crippen molar-refractivity contribution < 1.29 is 21.6 Å². The van der Waals surface area contributed by atoms with Gasteiger partial charge in [0, 0.05) is 18.8 Å². The Labute approximate surface area is 192 Å². The van der Waals surface area contributed by atoms with Crippen LogP contribution in [0.25, 0.3) is 0 Å². The van der Waals surface area contributed by atoms with Crippen molar-refractivity contribution in [3.05, 3.63) is 70.6 Å². The van der Waals surface area contributed by atoms with Gasteiger partial charge in [-0.3, -0.25) is 4.72 Å². The molecule has 0 spiro atoms. The van der Waals surface area contributed by atoms with E-state index in [0.717, 1.165) is 16.7 Å². The van der Waals surface area contributed by atoms with E-state index in [2.05, 4.69) is 4.72 Å². The number of ether oxygens (including phenoxy) is 1. The van der Waals surface area contributed by atoms with Gasteiger partial charge in [-0.25, -0.2) is 16.8 Å². The topological polar surface area (TPSA) is 92.8 Å². The number of rotatable bonds is 7. The van der Waals surface area contributed by atoms with Crippen LogP contribution < -0.4 is 9.46 Å². The lowest BCUT2D eigenvalue weighted by Gasteiger charge is -2.28. The fourth-order valence-corrected chi connectivity index (χ4v) is 7.49. The zero-order valence-corrected chi connectivity index (χ0v) is 20.2.